The van der Waals surface area contributed by atoms with Crippen molar-refractivity contribution >= 4 is 45.2 Å². The number of hydrogen-bond acceptors (Lipinski definition) is 5. The number of ether oxygens (including phenoxy) is 2. The molecule has 1 fully saturated rings. The van der Waals surface area contributed by atoms with Crippen LogP contribution in [0.4, 0.5) is 5.82 Å². The normalized spacial score (nSPS) is 16.3. The van der Waals surface area contributed by atoms with E-state index < -0.39 is 0 Å². The second-order valence-corrected chi connectivity index (χ2v) is 8.61. The van der Waals surface area contributed by atoms with Crippen molar-refractivity contribution in [2.75, 3.05) is 31.6 Å². The lowest BCUT2D eigenvalue weighted by atomic mass is 9.95. The molecule has 30 heavy (non-hydrogen) atoms. The maximum Gasteiger partial charge on any atom is 0.228 e. The number of piperidine rings is 1. The molecule has 7 nitrogen and oxygen atoms in total. The molecular formula is C21H21BrClN3O4. The number of anilines is 1. The number of hydrogen-bond donors (Lipinski definition) is 1. The van der Waals surface area contributed by atoms with E-state index in [1.165, 1.54) is 0 Å². The van der Waals surface area contributed by atoms with Gasteiger partial charge in [0.25, 0.3) is 0 Å². The average molecular weight is 495 g/mol. The number of fused-ring (bicyclic) bond motifs is 1. The lowest BCUT2D eigenvalue weighted by Crippen LogP contribution is -2.42. The molecule has 0 aliphatic carbocycles. The summed E-state index contributed by atoms with van der Waals surface area (Å²) in [5.74, 6) is 1.45. The smallest absolute Gasteiger partial charge is 0.228 e. The van der Waals surface area contributed by atoms with Gasteiger partial charge in [0.1, 0.15) is 19.0 Å². The third kappa shape index (κ3) is 4.87. The molecule has 9 heteroatoms. The molecular weight excluding hydrogens is 474 g/mol. The van der Waals surface area contributed by atoms with Crippen molar-refractivity contribution in [2.45, 2.75) is 19.3 Å². The van der Waals surface area contributed by atoms with Crippen molar-refractivity contribution in [1.82, 2.24) is 9.88 Å². The summed E-state index contributed by atoms with van der Waals surface area (Å²) in [7, 11) is 0. The predicted octanol–water partition coefficient (Wildman–Crippen LogP) is 3.69. The van der Waals surface area contributed by atoms with Gasteiger partial charge in [-0.25, -0.2) is 4.98 Å². The van der Waals surface area contributed by atoms with Crippen LogP contribution in [0, 0.1) is 5.92 Å². The first kappa shape index (κ1) is 20.9. The Hall–Kier alpha value is -2.32. The van der Waals surface area contributed by atoms with Crippen LogP contribution in [0.1, 0.15) is 18.4 Å². The standard InChI is InChI=1S/C21H21BrClN3O4/c22-15-1-2-18(24-12-15)25-21(28)14-3-5-26(6-4-14)19(27)11-13-9-16(23)20-17(10-13)29-7-8-30-20/h1-2,9-10,12,14H,3-8,11H2,(H,24,25,28). The highest BCUT2D eigenvalue weighted by Gasteiger charge is 2.28. The molecule has 2 aliphatic rings. The van der Waals surface area contributed by atoms with Crippen LogP contribution in [0.25, 0.3) is 0 Å². The monoisotopic (exact) mass is 493 g/mol. The van der Waals surface area contributed by atoms with Gasteiger partial charge < -0.3 is 19.7 Å². The third-order valence-corrected chi connectivity index (χ3v) is 5.96. The number of likely N-dealkylation sites (tertiary alicyclic amines) is 1. The van der Waals surface area contributed by atoms with Crippen molar-refractivity contribution in [3.8, 4) is 11.5 Å². The van der Waals surface area contributed by atoms with E-state index in [0.29, 0.717) is 61.5 Å². The second kappa shape index (κ2) is 9.22. The Balaban J connectivity index is 1.30. The molecule has 2 aliphatic heterocycles. The number of carbonyl (C=O) groups is 2. The largest absolute Gasteiger partial charge is 0.486 e. The molecule has 1 N–H and O–H groups in total. The Morgan fingerprint density at radius 3 is 2.70 bits per heavy atom. The van der Waals surface area contributed by atoms with Gasteiger partial charge in [0.05, 0.1) is 11.4 Å². The number of benzene rings is 1. The summed E-state index contributed by atoms with van der Waals surface area (Å²) in [5, 5.41) is 3.29. The van der Waals surface area contributed by atoms with Crippen molar-refractivity contribution in [3.63, 3.8) is 0 Å². The number of halogens is 2. The van der Waals surface area contributed by atoms with Gasteiger partial charge >= 0.3 is 0 Å². The van der Waals surface area contributed by atoms with Gasteiger partial charge in [0.15, 0.2) is 11.5 Å². The lowest BCUT2D eigenvalue weighted by Gasteiger charge is -2.31. The van der Waals surface area contributed by atoms with Crippen LogP contribution in [0.2, 0.25) is 5.02 Å². The number of nitrogens with one attached hydrogen (secondary N) is 1. The molecule has 0 bridgehead atoms. The second-order valence-electron chi connectivity index (χ2n) is 7.28. The molecule has 0 radical (unpaired) electrons. The quantitative estimate of drug-likeness (QED) is 0.701. The van der Waals surface area contributed by atoms with E-state index >= 15 is 0 Å². The Morgan fingerprint density at radius 2 is 1.97 bits per heavy atom. The summed E-state index contributed by atoms with van der Waals surface area (Å²) in [5.41, 5.74) is 0.787. The van der Waals surface area contributed by atoms with E-state index in [-0.39, 0.29) is 24.2 Å². The highest BCUT2D eigenvalue weighted by Crippen LogP contribution is 2.38. The van der Waals surface area contributed by atoms with E-state index in [9.17, 15) is 9.59 Å². The number of pyridine rings is 1. The minimum Gasteiger partial charge on any atom is -0.486 e. The van der Waals surface area contributed by atoms with Gasteiger partial charge in [0, 0.05) is 29.7 Å². The highest BCUT2D eigenvalue weighted by molar-refractivity contribution is 9.10. The van der Waals surface area contributed by atoms with Crippen LogP contribution in [-0.2, 0) is 16.0 Å². The van der Waals surface area contributed by atoms with Crippen LogP contribution >= 0.6 is 27.5 Å². The molecule has 0 atom stereocenters. The SMILES string of the molecule is O=C(Nc1ccc(Br)cn1)C1CCN(C(=O)Cc2cc(Cl)c3c(c2)OCCO3)CC1. The first-order valence-electron chi connectivity index (χ1n) is 9.78. The van der Waals surface area contributed by atoms with E-state index in [2.05, 4.69) is 26.2 Å². The predicted molar refractivity (Wildman–Crippen MR) is 116 cm³/mol. The number of nitrogens with zero attached hydrogens (tertiary/aromatic N) is 2. The summed E-state index contributed by atoms with van der Waals surface area (Å²) >= 11 is 9.58. The Kier molecular flexibility index (Phi) is 6.43. The van der Waals surface area contributed by atoms with Crippen LogP contribution < -0.4 is 14.8 Å². The first-order valence-corrected chi connectivity index (χ1v) is 10.9. The number of carbonyl (C=O) groups excluding carboxylic acids is 2. The van der Waals surface area contributed by atoms with E-state index in [4.69, 9.17) is 21.1 Å². The van der Waals surface area contributed by atoms with Crippen LogP contribution in [0.15, 0.2) is 34.9 Å². The topological polar surface area (TPSA) is 80.8 Å². The molecule has 1 saturated heterocycles. The average Bonchev–Trinajstić information content (AvgIpc) is 2.75. The van der Waals surface area contributed by atoms with Crippen LogP contribution in [-0.4, -0.2) is 48.0 Å². The van der Waals surface area contributed by atoms with Gasteiger partial charge in [-0.2, -0.15) is 0 Å². The molecule has 2 aromatic rings. The summed E-state index contributed by atoms with van der Waals surface area (Å²) in [6.45, 7) is 2.02. The molecule has 0 unspecified atom stereocenters. The van der Waals surface area contributed by atoms with Gasteiger partial charge in [0.2, 0.25) is 11.8 Å². The fourth-order valence-corrected chi connectivity index (χ4v) is 4.14. The summed E-state index contributed by atoms with van der Waals surface area (Å²) in [6, 6.07) is 7.13. The van der Waals surface area contributed by atoms with Crippen molar-refractivity contribution in [2.24, 2.45) is 5.92 Å². The zero-order valence-corrected chi connectivity index (χ0v) is 18.5. The first-order chi connectivity index (χ1) is 14.5. The summed E-state index contributed by atoms with van der Waals surface area (Å²) in [6.07, 6.45) is 3.11. The fourth-order valence-electron chi connectivity index (χ4n) is 3.62. The van der Waals surface area contributed by atoms with Crippen LogP contribution in [0.5, 0.6) is 11.5 Å². The molecule has 4 rings (SSSR count). The number of rotatable bonds is 4. The summed E-state index contributed by atoms with van der Waals surface area (Å²) < 4.78 is 12.0. The van der Waals surface area contributed by atoms with Crippen molar-refractivity contribution in [3.05, 3.63) is 45.5 Å². The van der Waals surface area contributed by atoms with Gasteiger partial charge in [-0.3, -0.25) is 9.59 Å². The van der Waals surface area contributed by atoms with E-state index in [1.54, 1.807) is 23.2 Å². The van der Waals surface area contributed by atoms with Crippen molar-refractivity contribution < 1.29 is 19.1 Å². The molecule has 158 valence electrons. The van der Waals surface area contributed by atoms with Gasteiger partial charge in [-0.05, 0) is 58.6 Å². The summed E-state index contributed by atoms with van der Waals surface area (Å²) in [4.78, 5) is 31.2. The van der Waals surface area contributed by atoms with Gasteiger partial charge in [-0.15, -0.1) is 0 Å². The number of aromatic nitrogens is 1. The van der Waals surface area contributed by atoms with Crippen molar-refractivity contribution in [1.29, 1.82) is 0 Å². The molecule has 0 spiro atoms. The molecule has 1 aromatic carbocycles. The Bertz CT molecular complexity index is 946. The maximum absolute atomic E-state index is 12.7. The molecule has 1 aromatic heterocycles. The fraction of sp³-hybridized carbons (Fsp3) is 0.381. The minimum atomic E-state index is -0.136. The Morgan fingerprint density at radius 1 is 1.20 bits per heavy atom. The number of amides is 2. The lowest BCUT2D eigenvalue weighted by molar-refractivity contribution is -0.133. The van der Waals surface area contributed by atoms with Crippen LogP contribution in [0.3, 0.4) is 0 Å². The molecule has 0 saturated carbocycles. The van der Waals surface area contributed by atoms with E-state index in [1.807, 2.05) is 12.1 Å². The molecule has 2 amide bonds. The van der Waals surface area contributed by atoms with E-state index in [0.717, 1.165) is 10.0 Å². The third-order valence-electron chi connectivity index (χ3n) is 5.21. The molecule has 3 heterocycles. The minimum absolute atomic E-state index is 0.0104. The maximum atomic E-state index is 12.7. The zero-order valence-electron chi connectivity index (χ0n) is 16.2. The highest BCUT2D eigenvalue weighted by atomic mass is 79.9. The van der Waals surface area contributed by atoms with Gasteiger partial charge in [-0.1, -0.05) is 11.6 Å². The Labute approximate surface area is 187 Å². The zero-order chi connectivity index (χ0) is 21.1.